The van der Waals surface area contributed by atoms with Gasteiger partial charge in [0.25, 0.3) is 5.91 Å². The van der Waals surface area contributed by atoms with Crippen LogP contribution in [0, 0.1) is 0 Å². The van der Waals surface area contributed by atoms with Crippen molar-refractivity contribution in [2.45, 2.75) is 5.66 Å². The number of carbonyl (C=O) groups is 1. The Kier molecular flexibility index (Phi) is 6.55. The molecule has 0 radical (unpaired) electrons. The molecular formula is C20H19ClNO6PS. The van der Waals surface area contributed by atoms with E-state index in [9.17, 15) is 19.1 Å². The van der Waals surface area contributed by atoms with Gasteiger partial charge in [0.1, 0.15) is 11.5 Å². The van der Waals surface area contributed by atoms with Crippen molar-refractivity contribution in [3.05, 3.63) is 65.1 Å². The first-order valence-corrected chi connectivity index (χ1v) is 11.5. The molecule has 0 aliphatic carbocycles. The zero-order valence-corrected chi connectivity index (χ0v) is 18.6. The van der Waals surface area contributed by atoms with E-state index in [4.69, 9.17) is 21.1 Å². The van der Waals surface area contributed by atoms with E-state index in [1.165, 1.54) is 31.8 Å². The second-order valence-electron chi connectivity index (χ2n) is 6.28. The number of halogens is 1. The minimum atomic E-state index is -4.90. The number of thiophene rings is 1. The van der Waals surface area contributed by atoms with Crippen molar-refractivity contribution < 1.29 is 28.6 Å². The van der Waals surface area contributed by atoms with Gasteiger partial charge in [0.15, 0.2) is 5.66 Å². The third kappa shape index (κ3) is 4.38. The lowest BCUT2D eigenvalue weighted by molar-refractivity contribution is -0.118. The van der Waals surface area contributed by atoms with Crippen LogP contribution < -0.4 is 14.4 Å². The number of anilines is 1. The van der Waals surface area contributed by atoms with Gasteiger partial charge in [-0.15, -0.1) is 11.3 Å². The summed E-state index contributed by atoms with van der Waals surface area (Å²) < 4.78 is 23.6. The monoisotopic (exact) mass is 467 g/mol. The van der Waals surface area contributed by atoms with Crippen molar-refractivity contribution in [1.82, 2.24) is 0 Å². The second kappa shape index (κ2) is 8.79. The molecule has 0 aliphatic rings. The smallest absolute Gasteiger partial charge is 0.342 e. The van der Waals surface area contributed by atoms with Gasteiger partial charge in [-0.05, 0) is 34.5 Å². The van der Waals surface area contributed by atoms with Gasteiger partial charge in [-0.2, -0.15) is 0 Å². The minimum Gasteiger partial charge on any atom is -0.497 e. The standard InChI is InChI=1S/C20H19ClNO6PS/c1-4-22(13-8-14(27-2)10-15(9-13)28-3)20(23)19(29(24,25)26)17-11-30-18-6-5-12(21)7-16(17)18/h4-11,19H,1H2,2-3H3,(H2,24,25,26). The van der Waals surface area contributed by atoms with E-state index >= 15 is 0 Å². The number of fused-ring (bicyclic) bond motifs is 1. The molecule has 0 spiro atoms. The molecule has 158 valence electrons. The van der Waals surface area contributed by atoms with E-state index in [0.717, 1.165) is 9.60 Å². The highest BCUT2D eigenvalue weighted by Gasteiger charge is 2.41. The minimum absolute atomic E-state index is 0.206. The number of carbonyl (C=O) groups excluding carboxylic acids is 1. The second-order valence-corrected chi connectivity index (χ2v) is 9.33. The number of rotatable bonds is 7. The molecule has 0 bridgehead atoms. The van der Waals surface area contributed by atoms with Gasteiger partial charge in [-0.25, -0.2) is 0 Å². The number of nitrogens with zero attached hydrogens (tertiary/aromatic N) is 1. The third-order valence-corrected chi connectivity index (χ3v) is 6.85. The molecule has 3 aromatic rings. The van der Waals surface area contributed by atoms with E-state index in [2.05, 4.69) is 6.58 Å². The van der Waals surface area contributed by atoms with Crippen LogP contribution in [-0.4, -0.2) is 29.9 Å². The fraction of sp³-hybridized carbons (Fsp3) is 0.150. The first-order valence-electron chi connectivity index (χ1n) is 8.60. The van der Waals surface area contributed by atoms with Crippen LogP contribution >= 0.6 is 30.5 Å². The predicted molar refractivity (Wildman–Crippen MR) is 119 cm³/mol. The van der Waals surface area contributed by atoms with Crippen molar-refractivity contribution in [1.29, 1.82) is 0 Å². The first-order chi connectivity index (χ1) is 14.2. The van der Waals surface area contributed by atoms with Crippen molar-refractivity contribution in [2.75, 3.05) is 19.1 Å². The Morgan fingerprint density at radius 3 is 2.37 bits per heavy atom. The average Bonchev–Trinajstić information content (AvgIpc) is 3.09. The highest BCUT2D eigenvalue weighted by atomic mass is 35.5. The molecule has 1 heterocycles. The Morgan fingerprint density at radius 2 is 1.83 bits per heavy atom. The van der Waals surface area contributed by atoms with Crippen LogP contribution in [0.3, 0.4) is 0 Å². The van der Waals surface area contributed by atoms with Crippen molar-refractivity contribution in [2.24, 2.45) is 0 Å². The summed E-state index contributed by atoms with van der Waals surface area (Å²) in [6.07, 6.45) is 1.20. The molecular weight excluding hydrogens is 449 g/mol. The highest BCUT2D eigenvalue weighted by molar-refractivity contribution is 7.53. The number of ether oxygens (including phenoxy) is 2. The van der Waals surface area contributed by atoms with Crippen molar-refractivity contribution in [3.8, 4) is 11.5 Å². The van der Waals surface area contributed by atoms with E-state index in [1.807, 2.05) is 0 Å². The quantitative estimate of drug-likeness (QED) is 0.476. The number of benzene rings is 2. The molecule has 0 saturated carbocycles. The maximum Gasteiger partial charge on any atom is 0.342 e. The molecule has 0 fully saturated rings. The Labute approximate surface area is 182 Å². The van der Waals surface area contributed by atoms with Crippen LogP contribution in [-0.2, 0) is 9.36 Å². The molecule has 1 amide bonds. The zero-order chi connectivity index (χ0) is 22.1. The largest absolute Gasteiger partial charge is 0.497 e. The van der Waals surface area contributed by atoms with Crippen molar-refractivity contribution in [3.63, 3.8) is 0 Å². The van der Waals surface area contributed by atoms with Gasteiger partial charge in [-0.3, -0.25) is 14.3 Å². The van der Waals surface area contributed by atoms with E-state index in [0.29, 0.717) is 27.6 Å². The molecule has 30 heavy (non-hydrogen) atoms. The first kappa shape index (κ1) is 22.3. The van der Waals surface area contributed by atoms with Gasteiger partial charge in [0, 0.05) is 34.1 Å². The summed E-state index contributed by atoms with van der Waals surface area (Å²) in [5, 5.41) is 2.48. The van der Waals surface area contributed by atoms with Crippen LogP contribution in [0.4, 0.5) is 5.69 Å². The van der Waals surface area contributed by atoms with Gasteiger partial charge in [-0.1, -0.05) is 18.2 Å². The fourth-order valence-electron chi connectivity index (χ4n) is 3.08. The summed E-state index contributed by atoms with van der Waals surface area (Å²) in [6.45, 7) is 3.64. The Bertz CT molecular complexity index is 1140. The van der Waals surface area contributed by atoms with Gasteiger partial charge in [0.2, 0.25) is 0 Å². The number of amides is 1. The molecule has 7 nitrogen and oxygen atoms in total. The Morgan fingerprint density at radius 1 is 1.20 bits per heavy atom. The van der Waals surface area contributed by atoms with Crippen LogP contribution in [0.15, 0.2) is 54.6 Å². The highest BCUT2D eigenvalue weighted by Crippen LogP contribution is 2.55. The molecule has 1 unspecified atom stereocenters. The predicted octanol–water partition coefficient (Wildman–Crippen LogP) is 4.97. The molecule has 3 rings (SSSR count). The Balaban J connectivity index is 2.14. The molecule has 10 heteroatoms. The van der Waals surface area contributed by atoms with Crippen LogP contribution in [0.1, 0.15) is 11.2 Å². The lowest BCUT2D eigenvalue weighted by atomic mass is 10.1. The molecule has 0 saturated heterocycles. The number of hydrogen-bond acceptors (Lipinski definition) is 5. The molecule has 2 aromatic carbocycles. The van der Waals surface area contributed by atoms with Crippen molar-refractivity contribution >= 4 is 52.2 Å². The topological polar surface area (TPSA) is 96.3 Å². The molecule has 1 aromatic heterocycles. The lowest BCUT2D eigenvalue weighted by Gasteiger charge is -2.25. The van der Waals surface area contributed by atoms with Crippen LogP contribution in [0.25, 0.3) is 10.1 Å². The maximum atomic E-state index is 13.4. The van der Waals surface area contributed by atoms with Gasteiger partial charge >= 0.3 is 7.60 Å². The summed E-state index contributed by atoms with van der Waals surface area (Å²) in [7, 11) is -1.99. The lowest BCUT2D eigenvalue weighted by Crippen LogP contribution is -2.30. The van der Waals surface area contributed by atoms with E-state index in [1.54, 1.807) is 41.8 Å². The zero-order valence-electron chi connectivity index (χ0n) is 16.1. The fourth-order valence-corrected chi connectivity index (χ4v) is 5.31. The number of methoxy groups -OCH3 is 2. The molecule has 0 aliphatic heterocycles. The summed E-state index contributed by atoms with van der Waals surface area (Å²) >= 11 is 7.34. The van der Waals surface area contributed by atoms with Gasteiger partial charge < -0.3 is 19.3 Å². The summed E-state index contributed by atoms with van der Waals surface area (Å²) in [6, 6.07) is 9.71. The Hall–Kier alpha value is -2.35. The number of hydrogen-bond donors (Lipinski definition) is 2. The maximum absolute atomic E-state index is 13.4. The summed E-state index contributed by atoms with van der Waals surface area (Å²) in [5.41, 5.74) is -1.24. The molecule has 1 atom stereocenters. The summed E-state index contributed by atoms with van der Waals surface area (Å²) in [5.74, 6) is -0.0256. The normalized spacial score (nSPS) is 12.4. The van der Waals surface area contributed by atoms with Gasteiger partial charge in [0.05, 0.1) is 19.9 Å². The summed E-state index contributed by atoms with van der Waals surface area (Å²) in [4.78, 5) is 34.7. The average molecular weight is 468 g/mol. The van der Waals surface area contributed by atoms with E-state index < -0.39 is 19.2 Å². The van der Waals surface area contributed by atoms with Crippen LogP contribution in [0.2, 0.25) is 5.02 Å². The third-order valence-electron chi connectivity index (χ3n) is 4.46. The molecule has 2 N–H and O–H groups in total. The SMILES string of the molecule is C=CN(C(=O)C(c1csc2ccc(Cl)cc12)P(=O)(O)O)c1cc(OC)cc(OC)c1. The van der Waals surface area contributed by atoms with E-state index in [-0.39, 0.29) is 5.56 Å². The van der Waals surface area contributed by atoms with Crippen LogP contribution in [0.5, 0.6) is 11.5 Å².